The van der Waals surface area contributed by atoms with E-state index in [1.54, 1.807) is 12.4 Å². The van der Waals surface area contributed by atoms with Gasteiger partial charge in [0.05, 0.1) is 16.8 Å². The van der Waals surface area contributed by atoms with Crippen molar-refractivity contribution in [1.29, 1.82) is 0 Å². The van der Waals surface area contributed by atoms with E-state index < -0.39 is 0 Å². The molecule has 9 aromatic rings. The van der Waals surface area contributed by atoms with Gasteiger partial charge in [0.1, 0.15) is 5.52 Å². The van der Waals surface area contributed by atoms with E-state index >= 15 is 0 Å². The molecule has 0 atom stereocenters. The lowest BCUT2D eigenvalue weighted by Crippen LogP contribution is -2.00. The Morgan fingerprint density at radius 3 is 1.89 bits per heavy atom. The van der Waals surface area contributed by atoms with E-state index in [0.29, 0.717) is 28.8 Å². The largest absolute Gasteiger partial charge is 0.436 e. The van der Waals surface area contributed by atoms with Crippen LogP contribution in [-0.4, -0.2) is 29.9 Å². The zero-order valence-electron chi connectivity index (χ0n) is 24.9. The lowest BCUT2D eigenvalue weighted by atomic mass is 9.99. The van der Waals surface area contributed by atoms with Crippen molar-refractivity contribution < 1.29 is 4.42 Å². The second-order valence-corrected chi connectivity index (χ2v) is 11.2. The summed E-state index contributed by atoms with van der Waals surface area (Å²) in [7, 11) is 0. The molecule has 7 nitrogen and oxygen atoms in total. The number of fused-ring (bicyclic) bond motifs is 4. The summed E-state index contributed by atoms with van der Waals surface area (Å²) in [5.74, 6) is 1.83. The van der Waals surface area contributed by atoms with Crippen LogP contribution in [0, 0.1) is 0 Å². The number of furan rings is 1. The highest BCUT2D eigenvalue weighted by molar-refractivity contribution is 6.10. The van der Waals surface area contributed by atoms with Crippen LogP contribution in [0.25, 0.3) is 89.7 Å². The van der Waals surface area contributed by atoms with E-state index in [-0.39, 0.29) is 0 Å². The number of benzene rings is 4. The van der Waals surface area contributed by atoms with E-state index in [9.17, 15) is 0 Å². The van der Waals surface area contributed by atoms with Gasteiger partial charge in [0, 0.05) is 45.6 Å². The second-order valence-electron chi connectivity index (χ2n) is 11.2. The van der Waals surface area contributed by atoms with Crippen molar-refractivity contribution in [2.45, 2.75) is 0 Å². The molecule has 0 saturated heterocycles. The third-order valence-electron chi connectivity index (χ3n) is 8.24. The van der Waals surface area contributed by atoms with Gasteiger partial charge in [0.15, 0.2) is 23.1 Å². The fourth-order valence-corrected chi connectivity index (χ4v) is 6.03. The van der Waals surface area contributed by atoms with Gasteiger partial charge in [0.2, 0.25) is 5.71 Å². The van der Waals surface area contributed by atoms with Crippen molar-refractivity contribution in [3.8, 4) is 56.7 Å². The van der Waals surface area contributed by atoms with Crippen molar-refractivity contribution >= 4 is 33.0 Å². The van der Waals surface area contributed by atoms with Crippen LogP contribution in [-0.2, 0) is 0 Å². The Bertz CT molecular complexity index is 2520. The highest BCUT2D eigenvalue weighted by Crippen LogP contribution is 2.37. The van der Waals surface area contributed by atoms with Gasteiger partial charge < -0.3 is 4.42 Å². The fraction of sp³-hybridized carbons (Fsp3) is 0. The highest BCUT2D eigenvalue weighted by Gasteiger charge is 2.18. The molecule has 5 aromatic heterocycles. The van der Waals surface area contributed by atoms with Gasteiger partial charge in [-0.1, -0.05) is 103 Å². The molecule has 47 heavy (non-hydrogen) atoms. The number of hydrogen-bond acceptors (Lipinski definition) is 7. The minimum absolute atomic E-state index is 0.535. The first-order valence-corrected chi connectivity index (χ1v) is 15.3. The van der Waals surface area contributed by atoms with Crippen molar-refractivity contribution in [3.05, 3.63) is 146 Å². The molecule has 4 aromatic carbocycles. The molecule has 0 aliphatic carbocycles. The van der Waals surface area contributed by atoms with Gasteiger partial charge in [-0.3, -0.25) is 4.98 Å². The minimum Gasteiger partial charge on any atom is -0.436 e. The van der Waals surface area contributed by atoms with Crippen molar-refractivity contribution in [3.63, 3.8) is 0 Å². The Morgan fingerprint density at radius 2 is 1.13 bits per heavy atom. The number of aromatic nitrogens is 6. The molecule has 0 unspecified atom stereocenters. The zero-order valence-corrected chi connectivity index (χ0v) is 24.9. The molecule has 9 rings (SSSR count). The summed E-state index contributed by atoms with van der Waals surface area (Å²) >= 11 is 0. The predicted octanol–water partition coefficient (Wildman–Crippen LogP) is 9.44. The van der Waals surface area contributed by atoms with Gasteiger partial charge >= 0.3 is 0 Å². The summed E-state index contributed by atoms with van der Waals surface area (Å²) in [6.07, 6.45) is 3.53. The maximum atomic E-state index is 6.04. The Balaban J connectivity index is 1.23. The molecule has 7 heteroatoms. The molecule has 0 bridgehead atoms. The summed E-state index contributed by atoms with van der Waals surface area (Å²) < 4.78 is 6.04. The average Bonchev–Trinajstić information content (AvgIpc) is 3.54. The highest BCUT2D eigenvalue weighted by atomic mass is 16.3. The summed E-state index contributed by atoms with van der Waals surface area (Å²) in [6.45, 7) is 0. The molecule has 5 heterocycles. The molecule has 0 spiro atoms. The molecule has 0 saturated carbocycles. The van der Waals surface area contributed by atoms with Gasteiger partial charge in [-0.05, 0) is 35.7 Å². The Hall–Kier alpha value is -6.60. The topological polar surface area (TPSA) is 90.5 Å². The molecular weight excluding hydrogens is 580 g/mol. The Morgan fingerprint density at radius 1 is 0.468 bits per heavy atom. The molecule has 0 aliphatic rings. The lowest BCUT2D eigenvalue weighted by Gasteiger charge is -2.12. The van der Waals surface area contributed by atoms with Gasteiger partial charge in [0.25, 0.3) is 0 Å². The molecule has 0 N–H and O–H groups in total. The fourth-order valence-electron chi connectivity index (χ4n) is 6.03. The summed E-state index contributed by atoms with van der Waals surface area (Å²) in [5.41, 5.74) is 8.23. The summed E-state index contributed by atoms with van der Waals surface area (Å²) in [6, 6.07) is 44.4. The maximum absolute atomic E-state index is 6.04. The molecular formula is C40H24N6O. The number of nitrogens with zero attached hydrogens (tertiary/aromatic N) is 6. The van der Waals surface area contributed by atoms with Crippen molar-refractivity contribution in [2.75, 3.05) is 0 Å². The minimum atomic E-state index is 0.535. The number of hydrogen-bond donors (Lipinski definition) is 0. The number of rotatable bonds is 5. The van der Waals surface area contributed by atoms with Crippen molar-refractivity contribution in [1.82, 2.24) is 29.9 Å². The molecule has 220 valence electrons. The van der Waals surface area contributed by atoms with Crippen LogP contribution in [0.1, 0.15) is 0 Å². The van der Waals surface area contributed by atoms with Crippen LogP contribution in [0.15, 0.2) is 150 Å². The normalized spacial score (nSPS) is 11.4. The Kier molecular flexibility index (Phi) is 6.31. The quantitative estimate of drug-likeness (QED) is 0.193. The third kappa shape index (κ3) is 4.78. The van der Waals surface area contributed by atoms with E-state index in [1.165, 1.54) is 0 Å². The predicted molar refractivity (Wildman–Crippen MR) is 185 cm³/mol. The first kappa shape index (κ1) is 26.8. The maximum Gasteiger partial charge on any atom is 0.229 e. The van der Waals surface area contributed by atoms with Crippen LogP contribution in [0.3, 0.4) is 0 Å². The van der Waals surface area contributed by atoms with Crippen LogP contribution in [0.4, 0.5) is 0 Å². The van der Waals surface area contributed by atoms with Crippen LogP contribution >= 0.6 is 0 Å². The zero-order chi connectivity index (χ0) is 31.2. The standard InChI is InChI=1S/C40H24N6O/c1-3-11-25(12-4-1)37-44-38(26-13-5-2-6-14-26)46-39(45-37)29-17-9-16-28(23-29)35-30-18-8-7-15-27(30)24-32(43-35)31-20-22-42-40-34(31)36-33(47-40)19-10-21-41-36/h1-24H. The van der Waals surface area contributed by atoms with Gasteiger partial charge in [-0.25, -0.2) is 24.9 Å². The van der Waals surface area contributed by atoms with E-state index in [0.717, 1.165) is 60.9 Å². The number of pyridine rings is 3. The third-order valence-corrected chi connectivity index (χ3v) is 8.24. The summed E-state index contributed by atoms with van der Waals surface area (Å²) in [5, 5.41) is 2.96. The smallest absolute Gasteiger partial charge is 0.229 e. The first-order chi connectivity index (χ1) is 23.3. The van der Waals surface area contributed by atoms with Crippen LogP contribution in [0.5, 0.6) is 0 Å². The van der Waals surface area contributed by atoms with Crippen LogP contribution in [0.2, 0.25) is 0 Å². The second kappa shape index (κ2) is 11.1. The molecule has 0 amide bonds. The van der Waals surface area contributed by atoms with Gasteiger partial charge in [-0.2, -0.15) is 0 Å². The molecule has 0 fully saturated rings. The van der Waals surface area contributed by atoms with Crippen molar-refractivity contribution in [2.24, 2.45) is 0 Å². The van der Waals surface area contributed by atoms with Gasteiger partial charge in [-0.15, -0.1) is 0 Å². The van der Waals surface area contributed by atoms with E-state index in [4.69, 9.17) is 24.4 Å². The monoisotopic (exact) mass is 604 g/mol. The first-order valence-electron chi connectivity index (χ1n) is 15.3. The SMILES string of the molecule is c1ccc(-c2nc(-c3ccccc3)nc(-c3cccc(-c4nc(-c5ccnc6oc7cccnc7c56)cc5ccccc45)c3)n2)cc1. The summed E-state index contributed by atoms with van der Waals surface area (Å²) in [4.78, 5) is 29.2. The molecule has 0 aliphatic heterocycles. The molecule has 0 radical (unpaired) electrons. The van der Waals surface area contributed by atoms with E-state index in [1.807, 2.05) is 103 Å². The lowest BCUT2D eigenvalue weighted by molar-refractivity contribution is 0.653. The Labute approximate surface area is 269 Å². The van der Waals surface area contributed by atoms with E-state index in [2.05, 4.69) is 40.3 Å². The average molecular weight is 605 g/mol. The van der Waals surface area contributed by atoms with Crippen LogP contribution < -0.4 is 0 Å².